The molecule has 0 bridgehead atoms. The first-order chi connectivity index (χ1) is 11.6. The molecular weight excluding hydrogens is 375 g/mol. The number of aryl methyl sites for hydroxylation is 2. The molecule has 1 nitrogen and oxygen atoms in total. The minimum atomic E-state index is -1.95. The van der Waals surface area contributed by atoms with Crippen molar-refractivity contribution >= 4 is 17.7 Å². The van der Waals surface area contributed by atoms with Gasteiger partial charge in [-0.25, -0.2) is 0 Å². The Morgan fingerprint density at radius 3 is 1.85 bits per heavy atom. The van der Waals surface area contributed by atoms with Gasteiger partial charge in [-0.05, 0) is 0 Å². The van der Waals surface area contributed by atoms with Crippen molar-refractivity contribution in [3.8, 4) is 11.3 Å². The van der Waals surface area contributed by atoms with Gasteiger partial charge < -0.3 is 0 Å². The molecule has 142 valence electrons. The van der Waals surface area contributed by atoms with Gasteiger partial charge in [-0.15, -0.1) is 0 Å². The standard InChI is InChI=1S/C24H38GeN/c1-17-14-18(23(2,3)4)12-13-19(17)22-15-20(24(5,6)7)21(16-26(22)11)25(8,9)10/h12-16H,1-11H3/q+1. The number of hydrogen-bond donors (Lipinski definition) is 0. The molecule has 0 radical (unpaired) electrons. The third-order valence-corrected chi connectivity index (χ3v) is 9.48. The average Bonchev–Trinajstić information content (AvgIpc) is 2.44. The van der Waals surface area contributed by atoms with Crippen molar-refractivity contribution in [2.45, 2.75) is 76.6 Å². The van der Waals surface area contributed by atoms with Gasteiger partial charge in [0.05, 0.1) is 0 Å². The van der Waals surface area contributed by atoms with Crippen molar-refractivity contribution in [2.75, 3.05) is 0 Å². The molecule has 0 atom stereocenters. The Kier molecular flexibility index (Phi) is 5.56. The molecule has 0 saturated heterocycles. The molecule has 26 heavy (non-hydrogen) atoms. The predicted molar refractivity (Wildman–Crippen MR) is 118 cm³/mol. The molecule has 1 aromatic heterocycles. The number of pyridine rings is 1. The topological polar surface area (TPSA) is 3.88 Å². The fraction of sp³-hybridized carbons (Fsp3) is 0.542. The molecule has 2 aromatic rings. The fourth-order valence-corrected chi connectivity index (χ4v) is 7.40. The Bertz CT molecular complexity index is 812. The maximum atomic E-state index is 2.49. The van der Waals surface area contributed by atoms with E-state index in [-0.39, 0.29) is 10.8 Å². The number of nitrogens with zero attached hydrogens (tertiary/aromatic N) is 1. The molecule has 0 spiro atoms. The average molecular weight is 413 g/mol. The van der Waals surface area contributed by atoms with Gasteiger partial charge in [0.25, 0.3) is 0 Å². The Morgan fingerprint density at radius 2 is 1.42 bits per heavy atom. The van der Waals surface area contributed by atoms with Gasteiger partial charge in [-0.2, -0.15) is 0 Å². The first kappa shape index (κ1) is 21.2. The Hall–Kier alpha value is -1.09. The molecule has 0 saturated carbocycles. The Morgan fingerprint density at radius 1 is 0.846 bits per heavy atom. The summed E-state index contributed by atoms with van der Waals surface area (Å²) in [5.41, 5.74) is 7.30. The second-order valence-corrected chi connectivity index (χ2v) is 21.4. The zero-order valence-corrected chi connectivity index (χ0v) is 20.9. The van der Waals surface area contributed by atoms with Gasteiger partial charge in [0.15, 0.2) is 0 Å². The van der Waals surface area contributed by atoms with Crippen LogP contribution in [0, 0.1) is 6.92 Å². The van der Waals surface area contributed by atoms with E-state index < -0.39 is 13.3 Å². The summed E-state index contributed by atoms with van der Waals surface area (Å²) in [6.45, 7) is 16.1. The van der Waals surface area contributed by atoms with Gasteiger partial charge in [0.2, 0.25) is 0 Å². The summed E-state index contributed by atoms with van der Waals surface area (Å²) in [7, 11) is 2.20. The molecule has 0 amide bonds. The molecule has 0 fully saturated rings. The summed E-state index contributed by atoms with van der Waals surface area (Å²) in [6.07, 6.45) is 2.42. The molecule has 0 N–H and O–H groups in total. The zero-order valence-electron chi connectivity index (χ0n) is 18.8. The van der Waals surface area contributed by atoms with Gasteiger partial charge in [0.1, 0.15) is 0 Å². The molecular formula is C24H38GeN+. The Balaban J connectivity index is 2.72. The molecule has 2 heteroatoms. The summed E-state index contributed by atoms with van der Waals surface area (Å²) in [5.74, 6) is 7.48. The van der Waals surface area contributed by atoms with Crippen LogP contribution in [0.3, 0.4) is 0 Å². The van der Waals surface area contributed by atoms with Crippen LogP contribution in [0.1, 0.15) is 58.2 Å². The third-order valence-electron chi connectivity index (χ3n) is 5.26. The van der Waals surface area contributed by atoms with Crippen LogP contribution < -0.4 is 8.96 Å². The fourth-order valence-electron chi connectivity index (χ4n) is 3.55. The summed E-state index contributed by atoms with van der Waals surface area (Å²) in [5, 5.41) is 0. The normalized spacial score (nSPS) is 13.2. The monoisotopic (exact) mass is 414 g/mol. The molecule has 2 rings (SSSR count). The summed E-state index contributed by atoms with van der Waals surface area (Å²) in [4.78, 5) is 0. The molecule has 1 aromatic carbocycles. The van der Waals surface area contributed by atoms with Crippen LogP contribution in [0.2, 0.25) is 17.3 Å². The molecule has 0 aliphatic carbocycles. The van der Waals surface area contributed by atoms with Crippen molar-refractivity contribution in [1.82, 2.24) is 0 Å². The maximum absolute atomic E-state index is 2.49. The van der Waals surface area contributed by atoms with E-state index in [1.807, 2.05) is 0 Å². The molecule has 1 heterocycles. The van der Waals surface area contributed by atoms with Gasteiger partial charge in [-0.1, -0.05) is 0 Å². The number of rotatable bonds is 2. The second kappa shape index (κ2) is 6.82. The van der Waals surface area contributed by atoms with Gasteiger partial charge in [-0.3, -0.25) is 0 Å². The van der Waals surface area contributed by atoms with E-state index in [9.17, 15) is 0 Å². The van der Waals surface area contributed by atoms with Crippen LogP contribution in [-0.4, -0.2) is 13.3 Å². The quantitative estimate of drug-likeness (QED) is 0.444. The van der Waals surface area contributed by atoms with E-state index in [2.05, 4.69) is 108 Å². The summed E-state index contributed by atoms with van der Waals surface area (Å²) in [6, 6.07) is 9.44. The zero-order chi connectivity index (χ0) is 20.1. The van der Waals surface area contributed by atoms with Crippen LogP contribution in [0.4, 0.5) is 0 Å². The van der Waals surface area contributed by atoms with Gasteiger partial charge >= 0.3 is 164 Å². The number of aromatic nitrogens is 1. The first-order valence-corrected chi connectivity index (χ1v) is 17.1. The third kappa shape index (κ3) is 4.42. The van der Waals surface area contributed by atoms with Crippen molar-refractivity contribution in [2.24, 2.45) is 7.05 Å². The SMILES string of the molecule is Cc1cc(C(C)(C)C)ccc1-c1cc(C(C)(C)C)[c]([Ge]([CH3])([CH3])[CH3])c[n+]1C. The summed E-state index contributed by atoms with van der Waals surface area (Å²) >= 11 is -1.95. The second-order valence-electron chi connectivity index (χ2n) is 10.9. The van der Waals surface area contributed by atoms with E-state index in [0.717, 1.165) is 0 Å². The van der Waals surface area contributed by atoms with Gasteiger partial charge in [0, 0.05) is 0 Å². The van der Waals surface area contributed by atoms with Crippen LogP contribution in [0.5, 0.6) is 0 Å². The van der Waals surface area contributed by atoms with Crippen LogP contribution in [0.15, 0.2) is 30.5 Å². The van der Waals surface area contributed by atoms with E-state index in [4.69, 9.17) is 0 Å². The van der Waals surface area contributed by atoms with Crippen molar-refractivity contribution in [3.05, 3.63) is 47.2 Å². The van der Waals surface area contributed by atoms with E-state index in [1.165, 1.54) is 27.9 Å². The first-order valence-electron chi connectivity index (χ1n) is 9.78. The minimum absolute atomic E-state index is 0.163. The Labute approximate surface area is 164 Å². The van der Waals surface area contributed by atoms with Crippen molar-refractivity contribution in [3.63, 3.8) is 0 Å². The van der Waals surface area contributed by atoms with Crippen LogP contribution >= 0.6 is 0 Å². The van der Waals surface area contributed by atoms with E-state index in [1.54, 1.807) is 4.40 Å². The molecule has 0 aliphatic rings. The van der Waals surface area contributed by atoms with E-state index >= 15 is 0 Å². The molecule has 0 aliphatic heterocycles. The predicted octanol–water partition coefficient (Wildman–Crippen LogP) is 5.63. The summed E-state index contributed by atoms with van der Waals surface area (Å²) < 4.78 is 3.97. The number of benzene rings is 1. The van der Waals surface area contributed by atoms with Crippen LogP contribution in [0.25, 0.3) is 11.3 Å². The van der Waals surface area contributed by atoms with Crippen molar-refractivity contribution < 1.29 is 4.57 Å². The number of hydrogen-bond acceptors (Lipinski definition) is 0. The van der Waals surface area contributed by atoms with Crippen LogP contribution in [-0.2, 0) is 17.9 Å². The molecule has 0 unspecified atom stereocenters. The van der Waals surface area contributed by atoms with E-state index in [0.29, 0.717) is 0 Å². The van der Waals surface area contributed by atoms with Crippen molar-refractivity contribution in [1.29, 1.82) is 0 Å².